The van der Waals surface area contributed by atoms with Crippen molar-refractivity contribution >= 4 is 12.1 Å². The largest absolute Gasteiger partial charge is 0.494 e. The molecule has 5 nitrogen and oxygen atoms in total. The third kappa shape index (κ3) is 4.98. The van der Waals surface area contributed by atoms with Gasteiger partial charge in [-0.25, -0.2) is 5.43 Å². The van der Waals surface area contributed by atoms with Crippen molar-refractivity contribution in [1.82, 2.24) is 5.43 Å². The maximum Gasteiger partial charge on any atom is 0.271 e. The molecule has 5 heteroatoms. The zero-order valence-electron chi connectivity index (χ0n) is 13.6. The molecule has 0 saturated carbocycles. The van der Waals surface area contributed by atoms with Crippen molar-refractivity contribution in [3.05, 3.63) is 72.3 Å². The number of carbonyl (C=O) groups is 1. The Labute approximate surface area is 141 Å². The van der Waals surface area contributed by atoms with Crippen molar-refractivity contribution in [1.29, 1.82) is 0 Å². The van der Waals surface area contributed by atoms with Crippen LogP contribution in [-0.4, -0.2) is 25.3 Å². The number of hydrogen-bond acceptors (Lipinski definition) is 4. The fraction of sp³-hybridized carbons (Fsp3) is 0.158. The molecule has 2 rings (SSSR count). The Balaban J connectivity index is 1.98. The highest BCUT2D eigenvalue weighted by Crippen LogP contribution is 2.16. The molecular formula is C19H20N2O3. The van der Waals surface area contributed by atoms with Crippen molar-refractivity contribution in [2.24, 2.45) is 5.10 Å². The predicted molar refractivity (Wildman–Crippen MR) is 94.8 cm³/mol. The second-order valence-electron chi connectivity index (χ2n) is 4.79. The van der Waals surface area contributed by atoms with Gasteiger partial charge in [0, 0.05) is 11.1 Å². The van der Waals surface area contributed by atoms with Crippen molar-refractivity contribution in [2.45, 2.75) is 6.92 Å². The summed E-state index contributed by atoms with van der Waals surface area (Å²) < 4.78 is 10.9. The van der Waals surface area contributed by atoms with E-state index in [9.17, 15) is 4.79 Å². The smallest absolute Gasteiger partial charge is 0.271 e. The molecule has 124 valence electrons. The SMILES string of the molecule is C=CCOc1ccccc1/C=N\NC(=O)c1ccc(OCC)cc1. The van der Waals surface area contributed by atoms with Crippen LogP contribution in [0, 0.1) is 0 Å². The second-order valence-corrected chi connectivity index (χ2v) is 4.79. The summed E-state index contributed by atoms with van der Waals surface area (Å²) in [5, 5.41) is 3.98. The van der Waals surface area contributed by atoms with E-state index in [0.717, 1.165) is 11.3 Å². The molecule has 24 heavy (non-hydrogen) atoms. The van der Waals surface area contributed by atoms with Gasteiger partial charge >= 0.3 is 0 Å². The highest BCUT2D eigenvalue weighted by molar-refractivity contribution is 5.95. The van der Waals surface area contributed by atoms with Crippen molar-refractivity contribution in [3.63, 3.8) is 0 Å². The maximum absolute atomic E-state index is 12.1. The topological polar surface area (TPSA) is 59.9 Å². The van der Waals surface area contributed by atoms with Crippen LogP contribution in [0.2, 0.25) is 0 Å². The molecule has 0 atom stereocenters. The van der Waals surface area contributed by atoms with Gasteiger partial charge in [0.15, 0.2) is 0 Å². The zero-order valence-corrected chi connectivity index (χ0v) is 13.6. The van der Waals surface area contributed by atoms with E-state index in [1.54, 1.807) is 36.6 Å². The molecule has 0 unspecified atom stereocenters. The van der Waals surface area contributed by atoms with E-state index < -0.39 is 0 Å². The van der Waals surface area contributed by atoms with Gasteiger partial charge in [0.1, 0.15) is 18.1 Å². The van der Waals surface area contributed by atoms with Gasteiger partial charge in [0.25, 0.3) is 5.91 Å². The van der Waals surface area contributed by atoms with Crippen LogP contribution in [0.15, 0.2) is 66.3 Å². The van der Waals surface area contributed by atoms with E-state index in [0.29, 0.717) is 24.5 Å². The van der Waals surface area contributed by atoms with E-state index in [1.807, 2.05) is 31.2 Å². The Hall–Kier alpha value is -3.08. The molecule has 0 heterocycles. The first kappa shape index (κ1) is 17.3. The summed E-state index contributed by atoms with van der Waals surface area (Å²) in [6, 6.07) is 14.3. The molecular weight excluding hydrogens is 304 g/mol. The van der Waals surface area contributed by atoms with Gasteiger partial charge in [0.2, 0.25) is 0 Å². The summed E-state index contributed by atoms with van der Waals surface area (Å²) in [5.41, 5.74) is 3.77. The number of hydrazone groups is 1. The van der Waals surface area contributed by atoms with E-state index in [4.69, 9.17) is 9.47 Å². The zero-order chi connectivity index (χ0) is 17.2. The Kier molecular flexibility index (Phi) is 6.58. The molecule has 1 N–H and O–H groups in total. The number of nitrogens with zero attached hydrogens (tertiary/aromatic N) is 1. The molecule has 1 amide bonds. The molecule has 0 aliphatic carbocycles. The molecule has 0 aromatic heterocycles. The third-order valence-corrected chi connectivity index (χ3v) is 3.07. The van der Waals surface area contributed by atoms with Gasteiger partial charge in [-0.3, -0.25) is 4.79 Å². The number of para-hydroxylation sites is 1. The standard InChI is InChI=1S/C19H20N2O3/c1-3-13-24-18-8-6-5-7-16(18)14-20-21-19(22)15-9-11-17(12-10-15)23-4-2/h3,5-12,14H,1,4,13H2,2H3,(H,21,22)/b20-14-. The van der Waals surface area contributed by atoms with Gasteiger partial charge in [-0.1, -0.05) is 24.8 Å². The molecule has 2 aromatic rings. The fourth-order valence-electron chi connectivity index (χ4n) is 1.96. The summed E-state index contributed by atoms with van der Waals surface area (Å²) >= 11 is 0. The van der Waals surface area contributed by atoms with Crippen LogP contribution in [0.4, 0.5) is 0 Å². The maximum atomic E-state index is 12.1. The number of carbonyl (C=O) groups excluding carboxylic acids is 1. The lowest BCUT2D eigenvalue weighted by Gasteiger charge is -2.06. The quantitative estimate of drug-likeness (QED) is 0.460. The van der Waals surface area contributed by atoms with Crippen molar-refractivity contribution in [3.8, 4) is 11.5 Å². The third-order valence-electron chi connectivity index (χ3n) is 3.07. The van der Waals surface area contributed by atoms with Gasteiger partial charge in [-0.15, -0.1) is 0 Å². The minimum atomic E-state index is -0.293. The molecule has 0 aliphatic rings. The van der Waals surface area contributed by atoms with Gasteiger partial charge in [-0.05, 0) is 43.3 Å². The van der Waals surface area contributed by atoms with Crippen LogP contribution in [-0.2, 0) is 0 Å². The summed E-state index contributed by atoms with van der Waals surface area (Å²) in [7, 11) is 0. The van der Waals surface area contributed by atoms with E-state index in [2.05, 4.69) is 17.1 Å². The minimum Gasteiger partial charge on any atom is -0.494 e. The van der Waals surface area contributed by atoms with Crippen LogP contribution < -0.4 is 14.9 Å². The lowest BCUT2D eigenvalue weighted by molar-refractivity contribution is 0.0955. The van der Waals surface area contributed by atoms with E-state index in [1.165, 1.54) is 0 Å². The average molecular weight is 324 g/mol. The Morgan fingerprint density at radius 2 is 1.92 bits per heavy atom. The first-order chi connectivity index (χ1) is 11.7. The number of benzene rings is 2. The van der Waals surface area contributed by atoms with Crippen molar-refractivity contribution in [2.75, 3.05) is 13.2 Å². The molecule has 0 fully saturated rings. The Bertz CT molecular complexity index is 709. The van der Waals surface area contributed by atoms with Crippen LogP contribution in [0.1, 0.15) is 22.8 Å². The number of ether oxygens (including phenoxy) is 2. The summed E-state index contributed by atoms with van der Waals surface area (Å²) in [6.45, 7) is 6.52. The first-order valence-corrected chi connectivity index (χ1v) is 7.63. The van der Waals surface area contributed by atoms with E-state index >= 15 is 0 Å². The first-order valence-electron chi connectivity index (χ1n) is 7.63. The molecule has 0 radical (unpaired) electrons. The average Bonchev–Trinajstić information content (AvgIpc) is 2.61. The lowest BCUT2D eigenvalue weighted by Crippen LogP contribution is -2.17. The number of amides is 1. The molecule has 2 aromatic carbocycles. The molecule has 0 bridgehead atoms. The molecule has 0 saturated heterocycles. The van der Waals surface area contributed by atoms with Crippen LogP contribution in [0.25, 0.3) is 0 Å². The number of hydrogen-bond donors (Lipinski definition) is 1. The summed E-state index contributed by atoms with van der Waals surface area (Å²) in [5.74, 6) is 1.11. The van der Waals surface area contributed by atoms with Crippen LogP contribution in [0.5, 0.6) is 11.5 Å². The summed E-state index contributed by atoms with van der Waals surface area (Å²) in [4.78, 5) is 12.1. The lowest BCUT2D eigenvalue weighted by atomic mass is 10.2. The summed E-state index contributed by atoms with van der Waals surface area (Å²) in [6.07, 6.45) is 3.21. The predicted octanol–water partition coefficient (Wildman–Crippen LogP) is 3.41. The molecule has 0 spiro atoms. The number of nitrogens with one attached hydrogen (secondary N) is 1. The Morgan fingerprint density at radius 3 is 2.62 bits per heavy atom. The van der Waals surface area contributed by atoms with Crippen molar-refractivity contribution < 1.29 is 14.3 Å². The van der Waals surface area contributed by atoms with Crippen LogP contribution >= 0.6 is 0 Å². The van der Waals surface area contributed by atoms with Crippen LogP contribution in [0.3, 0.4) is 0 Å². The van der Waals surface area contributed by atoms with Gasteiger partial charge < -0.3 is 9.47 Å². The fourth-order valence-corrected chi connectivity index (χ4v) is 1.96. The minimum absolute atomic E-state index is 0.293. The molecule has 0 aliphatic heterocycles. The highest BCUT2D eigenvalue weighted by atomic mass is 16.5. The van der Waals surface area contributed by atoms with Gasteiger partial charge in [-0.2, -0.15) is 5.10 Å². The monoisotopic (exact) mass is 324 g/mol. The van der Waals surface area contributed by atoms with E-state index in [-0.39, 0.29) is 5.91 Å². The Morgan fingerprint density at radius 1 is 1.17 bits per heavy atom. The normalized spacial score (nSPS) is 10.4. The second kappa shape index (κ2) is 9.15. The van der Waals surface area contributed by atoms with Gasteiger partial charge in [0.05, 0.1) is 12.8 Å². The number of rotatable bonds is 8. The highest BCUT2D eigenvalue weighted by Gasteiger charge is 2.04.